The van der Waals surface area contributed by atoms with Crippen molar-refractivity contribution in [2.24, 2.45) is 0 Å². The Hall–Kier alpha value is -0.0100. The van der Waals surface area contributed by atoms with Gasteiger partial charge in [-0.05, 0) is 27.2 Å². The summed E-state index contributed by atoms with van der Waals surface area (Å²) in [4.78, 5) is 0. The van der Waals surface area contributed by atoms with Crippen LogP contribution in [0.4, 0.5) is 0 Å². The van der Waals surface area contributed by atoms with Gasteiger partial charge in [-0.1, -0.05) is 6.92 Å². The molecule has 0 bridgehead atoms. The zero-order chi connectivity index (χ0) is 14.9. The molecule has 0 aliphatic carbocycles. The van der Waals surface area contributed by atoms with Crippen molar-refractivity contribution in [3.05, 3.63) is 0 Å². The molecule has 19 heavy (non-hydrogen) atoms. The van der Waals surface area contributed by atoms with Gasteiger partial charge < -0.3 is 14.2 Å². The van der Waals surface area contributed by atoms with Crippen molar-refractivity contribution in [3.63, 3.8) is 0 Å². The van der Waals surface area contributed by atoms with Crippen LogP contribution in [0.15, 0.2) is 0 Å². The van der Waals surface area contributed by atoms with Gasteiger partial charge in [0.2, 0.25) is 0 Å². The Morgan fingerprint density at radius 3 is 1.68 bits per heavy atom. The second kappa shape index (κ2) is 9.83. The lowest BCUT2D eigenvalue weighted by atomic mass is 10.5. The van der Waals surface area contributed by atoms with Gasteiger partial charge in [-0.3, -0.25) is 13.6 Å². The van der Waals surface area contributed by atoms with Crippen molar-refractivity contribution in [1.82, 2.24) is 0 Å². The van der Waals surface area contributed by atoms with Gasteiger partial charge >= 0.3 is 7.82 Å². The zero-order valence-corrected chi connectivity index (χ0v) is 13.3. The van der Waals surface area contributed by atoms with Crippen LogP contribution in [-0.4, -0.2) is 39.7 Å². The van der Waals surface area contributed by atoms with Crippen LogP contribution >= 0.6 is 7.82 Å². The molecule has 7 nitrogen and oxygen atoms in total. The maximum absolute atomic E-state index is 12.4. The van der Waals surface area contributed by atoms with E-state index in [9.17, 15) is 4.57 Å². The van der Waals surface area contributed by atoms with E-state index in [1.807, 2.05) is 6.92 Å². The Balaban J connectivity index is 4.60. The van der Waals surface area contributed by atoms with Gasteiger partial charge in [0.25, 0.3) is 0 Å². The van der Waals surface area contributed by atoms with Crippen LogP contribution in [0, 0.1) is 0 Å². The Morgan fingerprint density at radius 1 is 0.895 bits per heavy atom. The Morgan fingerprint density at radius 2 is 1.32 bits per heavy atom. The Labute approximate surface area is 115 Å². The van der Waals surface area contributed by atoms with Crippen LogP contribution < -0.4 is 0 Å². The number of phosphoric ester groups is 1. The summed E-state index contributed by atoms with van der Waals surface area (Å²) in [5.74, 6) is 0. The lowest BCUT2D eigenvalue weighted by Gasteiger charge is -2.25. The number of hydrogen-bond donors (Lipinski definition) is 0. The predicted molar refractivity (Wildman–Crippen MR) is 69.5 cm³/mol. The second-order valence-electron chi connectivity index (χ2n) is 3.81. The number of rotatable bonds is 11. The van der Waals surface area contributed by atoms with Crippen molar-refractivity contribution in [2.45, 2.75) is 53.0 Å². The van der Waals surface area contributed by atoms with Crippen LogP contribution in [0.3, 0.4) is 0 Å². The smallest absolute Gasteiger partial charge is 0.356 e. The van der Waals surface area contributed by atoms with Crippen LogP contribution in [0.25, 0.3) is 0 Å². The molecule has 0 spiro atoms. The first-order valence-electron chi connectivity index (χ1n) is 6.19. The molecule has 3 atom stereocenters. The molecule has 0 rings (SSSR count). The second-order valence-corrected chi connectivity index (χ2v) is 5.34. The largest absolute Gasteiger partial charge is 0.481 e. The topological polar surface area (TPSA) is 72.5 Å². The summed E-state index contributed by atoms with van der Waals surface area (Å²) in [5.41, 5.74) is 0. The summed E-state index contributed by atoms with van der Waals surface area (Å²) in [5, 5.41) is 0. The molecular formula is C11H25O7P. The molecule has 0 aliphatic heterocycles. The number of phosphoric acid groups is 1. The van der Waals surface area contributed by atoms with E-state index >= 15 is 0 Å². The Kier molecular flexibility index (Phi) is 9.82. The van der Waals surface area contributed by atoms with Gasteiger partial charge in [-0.25, -0.2) is 4.57 Å². The number of ether oxygens (including phenoxy) is 3. The molecule has 0 aliphatic rings. The van der Waals surface area contributed by atoms with Gasteiger partial charge in [-0.2, -0.15) is 0 Å². The quantitative estimate of drug-likeness (QED) is 0.429. The lowest BCUT2D eigenvalue weighted by molar-refractivity contribution is -0.136. The summed E-state index contributed by atoms with van der Waals surface area (Å²) < 4.78 is 43.0. The monoisotopic (exact) mass is 300 g/mol. The summed E-state index contributed by atoms with van der Waals surface area (Å²) in [6.07, 6.45) is -1.39. The molecule has 0 saturated heterocycles. The first-order valence-corrected chi connectivity index (χ1v) is 7.65. The molecule has 3 unspecified atom stereocenters. The molecule has 0 N–H and O–H groups in total. The van der Waals surface area contributed by atoms with E-state index in [-0.39, 0.29) is 0 Å². The standard InChI is InChI=1S/C11H25O7P/c1-7-8-15-11(4)18-19(12,16-9(2)13-5)17-10(3)14-6/h9-11H,7-8H2,1-6H3. The highest BCUT2D eigenvalue weighted by molar-refractivity contribution is 7.48. The highest BCUT2D eigenvalue weighted by Gasteiger charge is 2.34. The van der Waals surface area contributed by atoms with Gasteiger partial charge in [0.15, 0.2) is 18.9 Å². The first kappa shape index (κ1) is 19.0. The molecule has 0 amide bonds. The third-order valence-corrected chi connectivity index (χ3v) is 3.72. The highest BCUT2D eigenvalue weighted by atomic mass is 31.2. The maximum Gasteiger partial charge on any atom is 0.481 e. The van der Waals surface area contributed by atoms with Crippen molar-refractivity contribution >= 4 is 7.82 Å². The molecule has 0 aromatic carbocycles. The lowest BCUT2D eigenvalue weighted by Crippen LogP contribution is -2.20. The molecule has 0 aromatic rings. The van der Waals surface area contributed by atoms with Gasteiger partial charge in [0, 0.05) is 20.8 Å². The molecule has 0 heterocycles. The fraction of sp³-hybridized carbons (Fsp3) is 1.00. The van der Waals surface area contributed by atoms with Crippen molar-refractivity contribution < 1.29 is 32.3 Å². The molecule has 0 fully saturated rings. The SMILES string of the molecule is CCCOC(C)OP(=O)(OC(C)OC)OC(C)OC. The van der Waals surface area contributed by atoms with E-state index in [1.165, 1.54) is 14.2 Å². The number of hydrogen-bond acceptors (Lipinski definition) is 7. The molecule has 0 radical (unpaired) electrons. The third-order valence-electron chi connectivity index (χ3n) is 2.05. The fourth-order valence-electron chi connectivity index (χ4n) is 1.02. The molecule has 0 aromatic heterocycles. The highest BCUT2D eigenvalue weighted by Crippen LogP contribution is 2.52. The zero-order valence-electron chi connectivity index (χ0n) is 12.5. The summed E-state index contributed by atoms with van der Waals surface area (Å²) in [6.45, 7) is 7.22. The van der Waals surface area contributed by atoms with Gasteiger partial charge in [0.05, 0.1) is 0 Å². The molecular weight excluding hydrogens is 275 g/mol. The van der Waals surface area contributed by atoms with Crippen molar-refractivity contribution in [3.8, 4) is 0 Å². The first-order chi connectivity index (χ1) is 8.86. The van der Waals surface area contributed by atoms with Crippen LogP contribution in [-0.2, 0) is 32.3 Å². The van der Waals surface area contributed by atoms with E-state index in [4.69, 9.17) is 27.8 Å². The van der Waals surface area contributed by atoms with Crippen LogP contribution in [0.1, 0.15) is 34.1 Å². The average molecular weight is 300 g/mol. The van der Waals surface area contributed by atoms with Crippen LogP contribution in [0.2, 0.25) is 0 Å². The van der Waals surface area contributed by atoms with E-state index in [2.05, 4.69) is 0 Å². The van der Waals surface area contributed by atoms with E-state index < -0.39 is 26.7 Å². The molecule has 116 valence electrons. The Bertz CT molecular complexity index is 258. The van der Waals surface area contributed by atoms with Crippen molar-refractivity contribution in [1.29, 1.82) is 0 Å². The maximum atomic E-state index is 12.4. The minimum Gasteiger partial charge on any atom is -0.356 e. The molecule has 8 heteroatoms. The number of methoxy groups -OCH3 is 2. The normalized spacial score (nSPS) is 19.7. The van der Waals surface area contributed by atoms with Crippen molar-refractivity contribution in [2.75, 3.05) is 20.8 Å². The summed E-state index contributed by atoms with van der Waals surface area (Å²) in [7, 11) is -0.991. The molecule has 0 saturated carbocycles. The minimum absolute atomic E-state index is 0.487. The fourth-order valence-corrected chi connectivity index (χ4v) is 2.49. The average Bonchev–Trinajstić information content (AvgIpc) is 2.35. The van der Waals surface area contributed by atoms with E-state index in [1.54, 1.807) is 20.8 Å². The summed E-state index contributed by atoms with van der Waals surface area (Å²) in [6, 6.07) is 0. The van der Waals surface area contributed by atoms with Gasteiger partial charge in [0.1, 0.15) is 0 Å². The van der Waals surface area contributed by atoms with E-state index in [0.717, 1.165) is 6.42 Å². The van der Waals surface area contributed by atoms with Gasteiger partial charge in [-0.15, -0.1) is 0 Å². The predicted octanol–water partition coefficient (Wildman–Crippen LogP) is 2.90. The van der Waals surface area contributed by atoms with Crippen LogP contribution in [0.5, 0.6) is 0 Å². The minimum atomic E-state index is -3.84. The van der Waals surface area contributed by atoms with E-state index in [0.29, 0.717) is 6.61 Å². The third kappa shape index (κ3) is 8.70. The summed E-state index contributed by atoms with van der Waals surface area (Å²) >= 11 is 0.